The van der Waals surface area contributed by atoms with Gasteiger partial charge in [0.1, 0.15) is 5.82 Å². The van der Waals surface area contributed by atoms with Gasteiger partial charge in [0.25, 0.3) is 0 Å². The van der Waals surface area contributed by atoms with E-state index in [4.69, 9.17) is 5.26 Å². The molecule has 6 nitrogen and oxygen atoms in total. The second-order valence-electron chi connectivity index (χ2n) is 7.24. The van der Waals surface area contributed by atoms with Gasteiger partial charge in [0.15, 0.2) is 0 Å². The van der Waals surface area contributed by atoms with Crippen LogP contribution >= 0.6 is 0 Å². The largest absolute Gasteiger partial charge is 0.352 e. The highest BCUT2D eigenvalue weighted by molar-refractivity contribution is 5.76. The molecule has 158 valence electrons. The Bertz CT molecular complexity index is 1260. The SMILES string of the molecule is N#Cc1ccc(-n2nc(CCC(=O)NCc3cccnc3)cc2-c2cccc(F)c2)cc1. The fourth-order valence-electron chi connectivity index (χ4n) is 3.31. The van der Waals surface area contributed by atoms with Crippen molar-refractivity contribution in [1.29, 1.82) is 5.26 Å². The molecule has 1 N–H and O–H groups in total. The first kappa shape index (κ1) is 20.9. The monoisotopic (exact) mass is 425 g/mol. The number of carbonyl (C=O) groups excluding carboxylic acids is 1. The van der Waals surface area contributed by atoms with Gasteiger partial charge in [-0.05, 0) is 54.1 Å². The summed E-state index contributed by atoms with van der Waals surface area (Å²) in [6.07, 6.45) is 4.11. The van der Waals surface area contributed by atoms with Gasteiger partial charge in [-0.15, -0.1) is 0 Å². The molecule has 2 heterocycles. The first-order chi connectivity index (χ1) is 15.6. The number of nitriles is 1. The number of halogens is 1. The van der Waals surface area contributed by atoms with Gasteiger partial charge in [-0.25, -0.2) is 9.07 Å². The molecule has 2 aromatic heterocycles. The summed E-state index contributed by atoms with van der Waals surface area (Å²) in [4.78, 5) is 16.3. The van der Waals surface area contributed by atoms with Crippen LogP contribution in [0.1, 0.15) is 23.2 Å². The van der Waals surface area contributed by atoms with Crippen LogP contribution in [0.3, 0.4) is 0 Å². The Balaban J connectivity index is 1.53. The second-order valence-corrected chi connectivity index (χ2v) is 7.24. The Morgan fingerprint density at radius 1 is 1.09 bits per heavy atom. The average molecular weight is 425 g/mol. The van der Waals surface area contributed by atoms with Gasteiger partial charge in [-0.2, -0.15) is 10.4 Å². The van der Waals surface area contributed by atoms with E-state index in [1.54, 1.807) is 47.4 Å². The fraction of sp³-hybridized carbons (Fsp3) is 0.120. The van der Waals surface area contributed by atoms with Gasteiger partial charge >= 0.3 is 0 Å². The third kappa shape index (κ3) is 5.05. The van der Waals surface area contributed by atoms with Gasteiger partial charge in [-0.3, -0.25) is 9.78 Å². The van der Waals surface area contributed by atoms with Crippen molar-refractivity contribution in [2.45, 2.75) is 19.4 Å². The van der Waals surface area contributed by atoms with E-state index in [1.807, 2.05) is 24.3 Å². The molecule has 4 aromatic rings. The summed E-state index contributed by atoms with van der Waals surface area (Å²) < 4.78 is 15.6. The number of aromatic nitrogens is 3. The van der Waals surface area contributed by atoms with E-state index in [2.05, 4.69) is 21.5 Å². The zero-order chi connectivity index (χ0) is 22.3. The number of nitrogens with zero attached hydrogens (tertiary/aromatic N) is 4. The maximum Gasteiger partial charge on any atom is 0.220 e. The van der Waals surface area contributed by atoms with E-state index in [-0.39, 0.29) is 18.1 Å². The number of nitrogens with one attached hydrogen (secondary N) is 1. The molecule has 0 fully saturated rings. The number of rotatable bonds is 7. The van der Waals surface area contributed by atoms with Crippen LogP contribution in [-0.2, 0) is 17.8 Å². The number of aryl methyl sites for hydroxylation is 1. The topological polar surface area (TPSA) is 83.6 Å². The molecule has 32 heavy (non-hydrogen) atoms. The van der Waals surface area contributed by atoms with Crippen molar-refractivity contribution in [3.8, 4) is 23.0 Å². The quantitative estimate of drug-likeness (QED) is 0.481. The van der Waals surface area contributed by atoms with Crippen molar-refractivity contribution in [2.24, 2.45) is 0 Å². The van der Waals surface area contributed by atoms with Crippen LogP contribution in [0.5, 0.6) is 0 Å². The van der Waals surface area contributed by atoms with Crippen molar-refractivity contribution in [1.82, 2.24) is 20.1 Å². The molecule has 0 saturated carbocycles. The minimum atomic E-state index is -0.341. The number of benzene rings is 2. The summed E-state index contributed by atoms with van der Waals surface area (Å²) in [5, 5.41) is 16.6. The number of amides is 1. The molecule has 2 aromatic carbocycles. The van der Waals surface area contributed by atoms with Crippen LogP contribution in [0.15, 0.2) is 79.1 Å². The van der Waals surface area contributed by atoms with Crippen LogP contribution in [-0.4, -0.2) is 20.7 Å². The molecule has 1 amide bonds. The van der Waals surface area contributed by atoms with Gasteiger partial charge in [0.05, 0.1) is 28.7 Å². The Kier molecular flexibility index (Phi) is 6.33. The van der Waals surface area contributed by atoms with Crippen LogP contribution < -0.4 is 5.32 Å². The Labute approximate surface area is 185 Å². The van der Waals surface area contributed by atoms with E-state index in [0.717, 1.165) is 11.3 Å². The van der Waals surface area contributed by atoms with Gasteiger partial charge in [0.2, 0.25) is 5.91 Å². The van der Waals surface area contributed by atoms with Crippen molar-refractivity contribution in [2.75, 3.05) is 0 Å². The Morgan fingerprint density at radius 3 is 2.66 bits per heavy atom. The molecule has 0 aliphatic rings. The molecule has 0 unspecified atom stereocenters. The van der Waals surface area contributed by atoms with Gasteiger partial charge in [-0.1, -0.05) is 18.2 Å². The van der Waals surface area contributed by atoms with Crippen molar-refractivity contribution in [3.63, 3.8) is 0 Å². The lowest BCUT2D eigenvalue weighted by molar-refractivity contribution is -0.121. The smallest absolute Gasteiger partial charge is 0.220 e. The lowest BCUT2D eigenvalue weighted by Gasteiger charge is -2.08. The van der Waals surface area contributed by atoms with E-state index in [1.165, 1.54) is 12.1 Å². The lowest BCUT2D eigenvalue weighted by atomic mass is 10.1. The molecule has 7 heteroatoms. The molecular formula is C25H20FN5O. The molecule has 0 atom stereocenters. The highest BCUT2D eigenvalue weighted by Crippen LogP contribution is 2.25. The highest BCUT2D eigenvalue weighted by atomic mass is 19.1. The summed E-state index contributed by atoms with van der Waals surface area (Å²) in [5.74, 6) is -0.430. The first-order valence-electron chi connectivity index (χ1n) is 10.1. The summed E-state index contributed by atoms with van der Waals surface area (Å²) in [7, 11) is 0. The van der Waals surface area contributed by atoms with Gasteiger partial charge < -0.3 is 5.32 Å². The zero-order valence-corrected chi connectivity index (χ0v) is 17.2. The number of pyridine rings is 1. The summed E-state index contributed by atoms with van der Waals surface area (Å²) in [6.45, 7) is 0.418. The third-order valence-electron chi connectivity index (χ3n) is 4.94. The van der Waals surface area contributed by atoms with Crippen LogP contribution in [0.2, 0.25) is 0 Å². The number of carbonyl (C=O) groups is 1. The summed E-state index contributed by atoms with van der Waals surface area (Å²) in [6, 6.07) is 21.0. The summed E-state index contributed by atoms with van der Waals surface area (Å²) >= 11 is 0. The fourth-order valence-corrected chi connectivity index (χ4v) is 3.31. The minimum absolute atomic E-state index is 0.0888. The van der Waals surface area contributed by atoms with E-state index in [9.17, 15) is 9.18 Å². The van der Waals surface area contributed by atoms with E-state index >= 15 is 0 Å². The molecule has 4 rings (SSSR count). The predicted molar refractivity (Wildman–Crippen MR) is 118 cm³/mol. The highest BCUT2D eigenvalue weighted by Gasteiger charge is 2.14. The standard InChI is InChI=1S/C25H20FN5O/c26-21-5-1-4-20(13-21)24-14-22(30-31(24)23-9-6-18(15-27)7-10-23)8-11-25(32)29-17-19-3-2-12-28-16-19/h1-7,9-10,12-14,16H,8,11,17H2,(H,29,32). The molecule has 0 saturated heterocycles. The first-order valence-corrected chi connectivity index (χ1v) is 10.1. The van der Waals surface area contributed by atoms with Crippen molar-refractivity contribution < 1.29 is 9.18 Å². The maximum atomic E-state index is 13.8. The van der Waals surface area contributed by atoms with E-state index in [0.29, 0.717) is 35.5 Å². The number of hydrogen-bond acceptors (Lipinski definition) is 4. The molecule has 0 spiro atoms. The molecule has 0 bridgehead atoms. The van der Waals surface area contributed by atoms with Crippen molar-refractivity contribution in [3.05, 3.63) is 102 Å². The minimum Gasteiger partial charge on any atom is -0.352 e. The molecule has 0 aliphatic carbocycles. The van der Waals surface area contributed by atoms with Gasteiger partial charge in [0, 0.05) is 37.3 Å². The predicted octanol–water partition coefficient (Wildman–Crippen LogP) is 4.19. The maximum absolute atomic E-state index is 13.8. The zero-order valence-electron chi connectivity index (χ0n) is 17.2. The lowest BCUT2D eigenvalue weighted by Crippen LogP contribution is -2.23. The van der Waals surface area contributed by atoms with Crippen LogP contribution in [0.4, 0.5) is 4.39 Å². The normalized spacial score (nSPS) is 10.5. The second kappa shape index (κ2) is 9.67. The van der Waals surface area contributed by atoms with Crippen molar-refractivity contribution >= 4 is 5.91 Å². The number of hydrogen-bond donors (Lipinski definition) is 1. The molecule has 0 aliphatic heterocycles. The summed E-state index contributed by atoms with van der Waals surface area (Å²) in [5.41, 5.74) is 4.31. The Morgan fingerprint density at radius 2 is 1.94 bits per heavy atom. The molecule has 0 radical (unpaired) electrons. The van der Waals surface area contributed by atoms with E-state index < -0.39 is 0 Å². The average Bonchev–Trinajstić information content (AvgIpc) is 3.26. The van der Waals surface area contributed by atoms with Crippen LogP contribution in [0.25, 0.3) is 16.9 Å². The molecular weight excluding hydrogens is 405 g/mol. The van der Waals surface area contributed by atoms with Crippen LogP contribution in [0, 0.1) is 17.1 Å². The third-order valence-corrected chi connectivity index (χ3v) is 4.94. The Hall–Kier alpha value is -4.31.